The summed E-state index contributed by atoms with van der Waals surface area (Å²) >= 11 is 1.50. The van der Waals surface area contributed by atoms with E-state index in [1.807, 2.05) is 5.38 Å². The molecule has 2 rings (SSSR count). The van der Waals surface area contributed by atoms with Gasteiger partial charge in [-0.25, -0.2) is 4.98 Å². The van der Waals surface area contributed by atoms with Crippen molar-refractivity contribution in [1.82, 2.24) is 4.98 Å². The second kappa shape index (κ2) is 5.30. The van der Waals surface area contributed by atoms with E-state index in [1.165, 1.54) is 43.4 Å². The Kier molecular flexibility index (Phi) is 3.77. The van der Waals surface area contributed by atoms with Crippen LogP contribution in [0.4, 0.5) is 5.13 Å². The number of anilines is 1. The van der Waals surface area contributed by atoms with E-state index in [2.05, 4.69) is 10.3 Å². The van der Waals surface area contributed by atoms with Gasteiger partial charge in [-0.3, -0.25) is 4.79 Å². The minimum atomic E-state index is -0.825. The first kappa shape index (κ1) is 11.4. The molecule has 0 radical (unpaired) electrons. The Balaban J connectivity index is 1.88. The first-order chi connectivity index (χ1) is 7.74. The van der Waals surface area contributed by atoms with E-state index in [0.29, 0.717) is 11.7 Å². The molecule has 1 aromatic heterocycles. The molecule has 0 aliphatic heterocycles. The van der Waals surface area contributed by atoms with Crippen LogP contribution in [0.15, 0.2) is 5.38 Å². The highest BCUT2D eigenvalue weighted by Crippen LogP contribution is 2.23. The quantitative estimate of drug-likeness (QED) is 0.849. The van der Waals surface area contributed by atoms with Crippen molar-refractivity contribution in [1.29, 1.82) is 0 Å². The van der Waals surface area contributed by atoms with Gasteiger partial charge in [0.15, 0.2) is 5.13 Å². The Labute approximate surface area is 98.7 Å². The lowest BCUT2D eigenvalue weighted by atomic mass is 9.96. The number of carboxylic acids is 1. The highest BCUT2D eigenvalue weighted by Gasteiger charge is 2.14. The van der Waals surface area contributed by atoms with E-state index < -0.39 is 5.97 Å². The number of carboxylic acid groups (broad SMARTS) is 1. The van der Waals surface area contributed by atoms with Gasteiger partial charge in [0.1, 0.15) is 0 Å². The lowest BCUT2D eigenvalue weighted by Crippen LogP contribution is -2.22. The standard InChI is InChI=1S/C11H16N2O2S/c14-10(15)6-9-7-16-11(13-9)12-8-4-2-1-3-5-8/h7-8H,1-6H2,(H,12,13)(H,14,15). The van der Waals surface area contributed by atoms with Crippen LogP contribution >= 0.6 is 11.3 Å². The maximum absolute atomic E-state index is 10.5. The second-order valence-electron chi connectivity index (χ2n) is 4.19. The molecule has 0 amide bonds. The van der Waals surface area contributed by atoms with Crippen LogP contribution in [0.5, 0.6) is 0 Å². The molecule has 0 saturated heterocycles. The summed E-state index contributed by atoms with van der Waals surface area (Å²) < 4.78 is 0. The third-order valence-electron chi connectivity index (χ3n) is 2.82. The summed E-state index contributed by atoms with van der Waals surface area (Å²) in [4.78, 5) is 14.8. The largest absolute Gasteiger partial charge is 0.481 e. The van der Waals surface area contributed by atoms with E-state index >= 15 is 0 Å². The molecule has 16 heavy (non-hydrogen) atoms. The minimum Gasteiger partial charge on any atom is -0.481 e. The normalized spacial score (nSPS) is 17.2. The molecule has 88 valence electrons. The number of aromatic nitrogens is 1. The summed E-state index contributed by atoms with van der Waals surface area (Å²) in [6.45, 7) is 0. The number of carbonyl (C=O) groups is 1. The van der Waals surface area contributed by atoms with Crippen molar-refractivity contribution in [3.8, 4) is 0 Å². The average Bonchev–Trinajstić information content (AvgIpc) is 2.66. The number of nitrogens with zero attached hydrogens (tertiary/aromatic N) is 1. The van der Waals surface area contributed by atoms with Gasteiger partial charge in [0.05, 0.1) is 12.1 Å². The van der Waals surface area contributed by atoms with Crippen molar-refractivity contribution in [2.75, 3.05) is 5.32 Å². The van der Waals surface area contributed by atoms with E-state index in [-0.39, 0.29) is 6.42 Å². The van der Waals surface area contributed by atoms with Crippen LogP contribution in [-0.2, 0) is 11.2 Å². The fraction of sp³-hybridized carbons (Fsp3) is 0.636. The summed E-state index contributed by atoms with van der Waals surface area (Å²) in [6, 6.07) is 0.526. The zero-order valence-electron chi connectivity index (χ0n) is 9.11. The van der Waals surface area contributed by atoms with E-state index in [0.717, 1.165) is 5.13 Å². The molecule has 1 aliphatic carbocycles. The van der Waals surface area contributed by atoms with E-state index in [9.17, 15) is 4.79 Å². The lowest BCUT2D eigenvalue weighted by Gasteiger charge is -2.22. The topological polar surface area (TPSA) is 62.2 Å². The van der Waals surface area contributed by atoms with Crippen LogP contribution in [0, 0.1) is 0 Å². The fourth-order valence-corrected chi connectivity index (χ4v) is 2.82. The van der Waals surface area contributed by atoms with Crippen LogP contribution in [0.3, 0.4) is 0 Å². The monoisotopic (exact) mass is 240 g/mol. The first-order valence-electron chi connectivity index (χ1n) is 5.67. The predicted octanol–water partition coefficient (Wildman–Crippen LogP) is 2.51. The molecule has 0 bridgehead atoms. The Hall–Kier alpha value is -1.10. The van der Waals surface area contributed by atoms with E-state index in [1.54, 1.807) is 0 Å². The van der Waals surface area contributed by atoms with Crippen molar-refractivity contribution in [2.24, 2.45) is 0 Å². The summed E-state index contributed by atoms with van der Waals surface area (Å²) in [5.41, 5.74) is 0.649. The molecular formula is C11H16N2O2S. The molecule has 0 atom stereocenters. The summed E-state index contributed by atoms with van der Waals surface area (Å²) in [6.07, 6.45) is 6.32. The van der Waals surface area contributed by atoms with Crippen LogP contribution in [0.1, 0.15) is 37.8 Å². The highest BCUT2D eigenvalue weighted by molar-refractivity contribution is 7.13. The van der Waals surface area contributed by atoms with Gasteiger partial charge in [0.25, 0.3) is 0 Å². The Morgan fingerprint density at radius 1 is 1.50 bits per heavy atom. The third kappa shape index (κ3) is 3.20. The number of hydrogen-bond donors (Lipinski definition) is 2. The number of hydrogen-bond acceptors (Lipinski definition) is 4. The van der Waals surface area contributed by atoms with Gasteiger partial charge >= 0.3 is 5.97 Å². The van der Waals surface area contributed by atoms with Crippen molar-refractivity contribution in [2.45, 2.75) is 44.6 Å². The predicted molar refractivity (Wildman–Crippen MR) is 63.9 cm³/mol. The van der Waals surface area contributed by atoms with Gasteiger partial charge in [-0.2, -0.15) is 0 Å². The number of nitrogens with one attached hydrogen (secondary N) is 1. The zero-order chi connectivity index (χ0) is 11.4. The molecule has 5 heteroatoms. The van der Waals surface area contributed by atoms with Gasteiger partial charge < -0.3 is 10.4 Å². The van der Waals surface area contributed by atoms with Crippen molar-refractivity contribution < 1.29 is 9.90 Å². The molecule has 0 spiro atoms. The van der Waals surface area contributed by atoms with Gasteiger partial charge in [0, 0.05) is 11.4 Å². The molecule has 1 fully saturated rings. The van der Waals surface area contributed by atoms with Gasteiger partial charge in [-0.05, 0) is 12.8 Å². The van der Waals surface area contributed by atoms with Gasteiger partial charge in [-0.15, -0.1) is 11.3 Å². The summed E-state index contributed by atoms with van der Waals surface area (Å²) in [7, 11) is 0. The fourth-order valence-electron chi connectivity index (χ4n) is 2.03. The number of rotatable bonds is 4. The zero-order valence-corrected chi connectivity index (χ0v) is 9.92. The first-order valence-corrected chi connectivity index (χ1v) is 6.55. The molecule has 1 aliphatic rings. The van der Waals surface area contributed by atoms with Crippen LogP contribution in [0.25, 0.3) is 0 Å². The Bertz CT molecular complexity index is 359. The molecular weight excluding hydrogens is 224 g/mol. The number of thiazole rings is 1. The van der Waals surface area contributed by atoms with Gasteiger partial charge in [-0.1, -0.05) is 19.3 Å². The lowest BCUT2D eigenvalue weighted by molar-refractivity contribution is -0.136. The summed E-state index contributed by atoms with van der Waals surface area (Å²) in [5, 5.41) is 14.7. The van der Waals surface area contributed by atoms with Crippen LogP contribution in [-0.4, -0.2) is 22.1 Å². The average molecular weight is 240 g/mol. The highest BCUT2D eigenvalue weighted by atomic mass is 32.1. The molecule has 2 N–H and O–H groups in total. The molecule has 1 aromatic rings. The Morgan fingerprint density at radius 2 is 2.25 bits per heavy atom. The van der Waals surface area contributed by atoms with Gasteiger partial charge in [0.2, 0.25) is 0 Å². The van der Waals surface area contributed by atoms with Crippen LogP contribution < -0.4 is 5.32 Å². The molecule has 1 heterocycles. The minimum absolute atomic E-state index is 0.0167. The van der Waals surface area contributed by atoms with Crippen molar-refractivity contribution >= 4 is 22.4 Å². The summed E-state index contributed by atoms with van der Waals surface area (Å²) in [5.74, 6) is -0.825. The molecule has 4 nitrogen and oxygen atoms in total. The Morgan fingerprint density at radius 3 is 2.94 bits per heavy atom. The van der Waals surface area contributed by atoms with E-state index in [4.69, 9.17) is 5.11 Å². The SMILES string of the molecule is O=C(O)Cc1csc(NC2CCCCC2)n1. The van der Waals surface area contributed by atoms with Crippen LogP contribution in [0.2, 0.25) is 0 Å². The third-order valence-corrected chi connectivity index (χ3v) is 3.64. The molecule has 0 aromatic carbocycles. The molecule has 0 unspecified atom stereocenters. The van der Waals surface area contributed by atoms with Crippen molar-refractivity contribution in [3.05, 3.63) is 11.1 Å². The second-order valence-corrected chi connectivity index (χ2v) is 5.05. The maximum Gasteiger partial charge on any atom is 0.309 e. The molecule has 1 saturated carbocycles. The maximum atomic E-state index is 10.5. The van der Waals surface area contributed by atoms with Crippen molar-refractivity contribution in [3.63, 3.8) is 0 Å². The number of aliphatic carboxylic acids is 1. The smallest absolute Gasteiger partial charge is 0.309 e.